The molecule has 0 radical (unpaired) electrons. The van der Waals surface area contributed by atoms with Crippen LogP contribution in [0.15, 0.2) is 72.9 Å². The summed E-state index contributed by atoms with van der Waals surface area (Å²) in [7, 11) is 8.44. The SMILES string of the molecule is C=C/C=C\C(=C)C[C@@H](C(N)=O)N(C)C(=O)CN(C)C(=O)CC(C)NC(=O)[C@H](CC(C)C)N(C)C(=O)[C@H](COCCCO)NC(=O)[C@H](CC(C)C)N(C)C(=O)[C@H](C/C(C=C)=C/C(=C)Cl)N(C)C(=O)CN(CCCC)C(=O)C(NC(=O)[C@H](CC(C)C)N(C)C(=O)C[C@@H](C)CC)C(C)O. The largest absolute Gasteiger partial charge is 0.396 e. The lowest BCUT2D eigenvalue weighted by Crippen LogP contribution is -2.61. The van der Waals surface area contributed by atoms with E-state index in [9.17, 15) is 58.2 Å². The highest BCUT2D eigenvalue weighted by Crippen LogP contribution is 2.23. The van der Waals surface area contributed by atoms with Crippen molar-refractivity contribution < 1.29 is 67.7 Å². The summed E-state index contributed by atoms with van der Waals surface area (Å²) in [6, 6.07) is -9.80. The molecule has 10 atom stereocenters. The summed E-state index contributed by atoms with van der Waals surface area (Å²) in [6.45, 7) is 33.2. The number of aliphatic hydroxyl groups excluding tert-OH is 2. The van der Waals surface area contributed by atoms with E-state index in [2.05, 4.69) is 42.3 Å². The van der Waals surface area contributed by atoms with Crippen molar-refractivity contribution in [3.63, 3.8) is 0 Å². The van der Waals surface area contributed by atoms with Gasteiger partial charge in [0.1, 0.15) is 42.3 Å². The number of nitrogens with one attached hydrogen (secondary N) is 3. The van der Waals surface area contributed by atoms with E-state index in [1.165, 1.54) is 82.1 Å². The van der Waals surface area contributed by atoms with Gasteiger partial charge in [0.05, 0.1) is 25.8 Å². The standard InChI is InChI=1S/C70H118ClN11O14/c1-22-26-29-48(12)36-54(64(72)89)77(17)61(87)41-76(16)59(85)39-50(14)73-65(90)56(34-45(7)8)80(20)68(93)53(43-96-32-28-31-83)74-66(91)57(35-46(9)10)81(21)69(94)58(40-52(25-4)38-49(13)71)79(19)62(88)42-82(30-27-23-2)70(95)63(51(15)84)75-67(92)55(33-44(5)6)78(18)60(86)37-47(11)24-3/h22,25-26,29,38,44-47,50-51,53-58,63,83-84H,1,4,12-13,23-24,27-28,30-37,39-43H2,2-3,5-11,14-21H3,(H2,72,89)(H,73,90)(H,74,91)(H,75,92)/b29-26-,52-38+/t47-,50?,51?,53-,54-,55-,56-,57-,58-,63?/m0/s1. The molecule has 11 amide bonds. The summed E-state index contributed by atoms with van der Waals surface area (Å²) in [5.74, 6) is -7.68. The Hall–Kier alpha value is -7.22. The van der Waals surface area contributed by atoms with Crippen LogP contribution in [0.5, 0.6) is 0 Å². The van der Waals surface area contributed by atoms with E-state index in [4.69, 9.17) is 22.1 Å². The lowest BCUT2D eigenvalue weighted by Gasteiger charge is -2.37. The second kappa shape index (κ2) is 45.3. The molecule has 3 unspecified atom stereocenters. The van der Waals surface area contributed by atoms with Crippen LogP contribution in [-0.4, -0.2) is 246 Å². The predicted molar refractivity (Wildman–Crippen MR) is 375 cm³/mol. The number of primary amides is 1. The summed E-state index contributed by atoms with van der Waals surface area (Å²) < 4.78 is 5.83. The Bertz CT molecular complexity index is 2700. The minimum Gasteiger partial charge on any atom is -0.396 e. The summed E-state index contributed by atoms with van der Waals surface area (Å²) in [5.41, 5.74) is 6.52. The van der Waals surface area contributed by atoms with E-state index in [0.29, 0.717) is 24.0 Å². The number of carbonyl (C=O) groups is 11. The van der Waals surface area contributed by atoms with Gasteiger partial charge in [0.2, 0.25) is 65.0 Å². The van der Waals surface area contributed by atoms with Crippen LogP contribution >= 0.6 is 11.6 Å². The number of hydrogen-bond acceptors (Lipinski definition) is 14. The molecular weight excluding hydrogens is 1250 g/mol. The Morgan fingerprint density at radius 3 is 1.57 bits per heavy atom. The molecule has 0 bridgehead atoms. The third-order valence-corrected chi connectivity index (χ3v) is 16.6. The number of allylic oxidation sites excluding steroid dienone is 6. The lowest BCUT2D eigenvalue weighted by molar-refractivity contribution is -0.151. The van der Waals surface area contributed by atoms with Crippen LogP contribution in [0.1, 0.15) is 147 Å². The van der Waals surface area contributed by atoms with Crippen molar-refractivity contribution in [2.75, 3.05) is 81.7 Å². The molecule has 0 spiro atoms. The fraction of sp³-hybridized carbons (Fsp3) is 0.671. The number of unbranched alkanes of at least 4 members (excludes halogenated alkanes) is 1. The molecule has 25 nitrogen and oxygen atoms in total. The van der Waals surface area contributed by atoms with Crippen LogP contribution in [0.2, 0.25) is 0 Å². The van der Waals surface area contributed by atoms with Crippen molar-refractivity contribution in [2.24, 2.45) is 29.4 Å². The first-order valence-electron chi connectivity index (χ1n) is 33.3. The average Bonchev–Trinajstić information content (AvgIpc) is 0.918. The monoisotopic (exact) mass is 1370 g/mol. The van der Waals surface area contributed by atoms with Gasteiger partial charge in [0.25, 0.3) is 0 Å². The Morgan fingerprint density at radius 2 is 1.09 bits per heavy atom. The maximum absolute atomic E-state index is 15.3. The molecule has 0 fully saturated rings. The Kier molecular flexibility index (Phi) is 41.9. The van der Waals surface area contributed by atoms with Gasteiger partial charge in [0, 0.05) is 98.8 Å². The zero-order valence-electron chi connectivity index (χ0n) is 60.6. The zero-order chi connectivity index (χ0) is 74.0. The fourth-order valence-corrected chi connectivity index (χ4v) is 10.4. The molecule has 26 heteroatoms. The third-order valence-electron chi connectivity index (χ3n) is 16.5. The number of nitrogens with zero attached hydrogens (tertiary/aromatic N) is 7. The van der Waals surface area contributed by atoms with Gasteiger partial charge in [-0.15, -0.1) is 0 Å². The van der Waals surface area contributed by atoms with Gasteiger partial charge in [-0.25, -0.2) is 0 Å². The van der Waals surface area contributed by atoms with E-state index >= 15 is 4.79 Å². The first kappa shape index (κ1) is 88.8. The number of nitrogens with two attached hydrogens (primary N) is 1. The molecule has 96 heavy (non-hydrogen) atoms. The van der Waals surface area contributed by atoms with Crippen molar-refractivity contribution in [3.8, 4) is 0 Å². The number of hydrogen-bond donors (Lipinski definition) is 6. The number of carbonyl (C=O) groups excluding carboxylic acids is 11. The van der Waals surface area contributed by atoms with Gasteiger partial charge in [-0.2, -0.15) is 0 Å². The van der Waals surface area contributed by atoms with E-state index in [-0.39, 0.29) is 106 Å². The van der Waals surface area contributed by atoms with E-state index < -0.39 is 133 Å². The summed E-state index contributed by atoms with van der Waals surface area (Å²) in [6.07, 6.45) is 8.28. The van der Waals surface area contributed by atoms with Crippen molar-refractivity contribution in [1.82, 2.24) is 50.2 Å². The van der Waals surface area contributed by atoms with Crippen LogP contribution in [0, 0.1) is 23.7 Å². The highest BCUT2D eigenvalue weighted by molar-refractivity contribution is 6.30. The van der Waals surface area contributed by atoms with Gasteiger partial charge in [-0.3, -0.25) is 52.7 Å². The zero-order valence-corrected chi connectivity index (χ0v) is 61.4. The van der Waals surface area contributed by atoms with Crippen LogP contribution < -0.4 is 21.7 Å². The molecule has 0 saturated carbocycles. The van der Waals surface area contributed by atoms with E-state index in [1.54, 1.807) is 19.1 Å². The second-order valence-electron chi connectivity index (χ2n) is 26.4. The van der Waals surface area contributed by atoms with E-state index in [1.807, 2.05) is 62.3 Å². The minimum atomic E-state index is -1.55. The highest BCUT2D eigenvalue weighted by atomic mass is 35.5. The number of rotatable bonds is 47. The number of likely N-dealkylation sites (N-methyl/N-ethyl adjacent to an activating group) is 6. The molecule has 0 aromatic rings. The van der Waals surface area contributed by atoms with Crippen LogP contribution in [0.25, 0.3) is 0 Å². The lowest BCUT2D eigenvalue weighted by atomic mass is 9.98. The van der Waals surface area contributed by atoms with Gasteiger partial charge in [-0.05, 0) is 81.3 Å². The molecular formula is C70H118ClN11O14. The average molecular weight is 1370 g/mol. The first-order chi connectivity index (χ1) is 44.8. The molecule has 0 aromatic heterocycles. The van der Waals surface area contributed by atoms with Crippen LogP contribution in [0.3, 0.4) is 0 Å². The molecule has 0 saturated heterocycles. The maximum Gasteiger partial charge on any atom is 0.248 e. The molecule has 0 aromatic carbocycles. The van der Waals surface area contributed by atoms with Crippen LogP contribution in [-0.2, 0) is 57.5 Å². The van der Waals surface area contributed by atoms with Gasteiger partial charge in [0.15, 0.2) is 0 Å². The van der Waals surface area contributed by atoms with Gasteiger partial charge < -0.3 is 70.9 Å². The molecule has 0 aliphatic heterocycles. The quantitative estimate of drug-likeness (QED) is 0.0351. The predicted octanol–water partition coefficient (Wildman–Crippen LogP) is 4.86. The summed E-state index contributed by atoms with van der Waals surface area (Å²) in [4.78, 5) is 164. The molecule has 0 rings (SSSR count). The minimum absolute atomic E-state index is 0.00911. The number of halogens is 1. The molecule has 0 aliphatic rings. The molecule has 544 valence electrons. The maximum atomic E-state index is 15.3. The highest BCUT2D eigenvalue weighted by Gasteiger charge is 2.41. The first-order valence-corrected chi connectivity index (χ1v) is 33.7. The van der Waals surface area contributed by atoms with Crippen molar-refractivity contribution in [3.05, 3.63) is 72.9 Å². The molecule has 7 N–H and O–H groups in total. The Balaban J connectivity index is 7.33. The summed E-state index contributed by atoms with van der Waals surface area (Å²) >= 11 is 6.25. The number of ether oxygens (including phenoxy) is 1. The normalized spacial score (nSPS) is 14.7. The van der Waals surface area contributed by atoms with Gasteiger partial charge >= 0.3 is 0 Å². The number of amides is 11. The third kappa shape index (κ3) is 31.3. The Morgan fingerprint density at radius 1 is 0.594 bits per heavy atom. The smallest absolute Gasteiger partial charge is 0.248 e. The van der Waals surface area contributed by atoms with Gasteiger partial charge in [-0.1, -0.05) is 143 Å². The topological polar surface area (TPSA) is 322 Å². The Labute approximate surface area is 577 Å². The second-order valence-corrected chi connectivity index (χ2v) is 26.9. The van der Waals surface area contributed by atoms with E-state index in [0.717, 1.165) is 26.0 Å². The summed E-state index contributed by atoms with van der Waals surface area (Å²) in [5, 5.41) is 29.1. The number of aliphatic hydroxyl groups is 2. The fourth-order valence-electron chi connectivity index (χ4n) is 10.3. The van der Waals surface area contributed by atoms with Crippen LogP contribution in [0.4, 0.5) is 0 Å². The van der Waals surface area contributed by atoms with Crippen molar-refractivity contribution in [1.29, 1.82) is 0 Å². The van der Waals surface area contributed by atoms with Crippen molar-refractivity contribution >= 4 is 76.6 Å². The molecule has 0 aliphatic carbocycles. The molecule has 0 heterocycles. The van der Waals surface area contributed by atoms with Crippen molar-refractivity contribution in [2.45, 2.75) is 201 Å².